The summed E-state index contributed by atoms with van der Waals surface area (Å²) in [4.78, 5) is 0. The van der Waals surface area contributed by atoms with E-state index in [1.165, 1.54) is 54.4 Å². The average molecular weight is 306 g/mol. The first-order valence-electron chi connectivity index (χ1n) is 9.37. The summed E-state index contributed by atoms with van der Waals surface area (Å²) in [6.45, 7) is 6.94. The molecule has 0 heterocycles. The smallest absolute Gasteiger partial charge is 0.0162 e. The summed E-state index contributed by atoms with van der Waals surface area (Å²) in [6.07, 6.45) is 6.72. The Morgan fingerprint density at radius 1 is 0.826 bits per heavy atom. The summed E-state index contributed by atoms with van der Waals surface area (Å²) in [5.74, 6) is 2.36. The van der Waals surface area contributed by atoms with Gasteiger partial charge in [-0.15, -0.1) is 0 Å². The Labute approximate surface area is 141 Å². The van der Waals surface area contributed by atoms with Crippen molar-refractivity contribution in [3.63, 3.8) is 0 Å². The maximum absolute atomic E-state index is 2.39. The average Bonchev–Trinajstić information content (AvgIpc) is 2.62. The highest BCUT2D eigenvalue weighted by Crippen LogP contribution is 2.36. The molecule has 1 aliphatic carbocycles. The Kier molecular flexibility index (Phi) is 5.20. The topological polar surface area (TPSA) is 0 Å². The largest absolute Gasteiger partial charge is 0.0648 e. The van der Waals surface area contributed by atoms with E-state index in [0.717, 1.165) is 11.8 Å². The number of benzene rings is 2. The van der Waals surface area contributed by atoms with Crippen LogP contribution in [0.25, 0.3) is 11.1 Å². The van der Waals surface area contributed by atoms with E-state index in [-0.39, 0.29) is 0 Å². The lowest BCUT2D eigenvalue weighted by Gasteiger charge is -2.26. The van der Waals surface area contributed by atoms with Crippen molar-refractivity contribution in [2.24, 2.45) is 5.92 Å². The van der Waals surface area contributed by atoms with Gasteiger partial charge in [0.05, 0.1) is 0 Å². The first-order valence-corrected chi connectivity index (χ1v) is 9.37. The van der Waals surface area contributed by atoms with Gasteiger partial charge in [0.25, 0.3) is 0 Å². The summed E-state index contributed by atoms with van der Waals surface area (Å²) in [7, 11) is 0. The zero-order valence-electron chi connectivity index (χ0n) is 14.9. The van der Waals surface area contributed by atoms with E-state index in [4.69, 9.17) is 0 Å². The molecule has 1 aliphatic rings. The highest BCUT2D eigenvalue weighted by Gasteiger charge is 2.19. The van der Waals surface area contributed by atoms with E-state index in [1.807, 2.05) is 0 Å². The molecule has 1 saturated carbocycles. The van der Waals surface area contributed by atoms with Gasteiger partial charge in [0, 0.05) is 0 Å². The van der Waals surface area contributed by atoms with Crippen LogP contribution in [-0.4, -0.2) is 0 Å². The third kappa shape index (κ3) is 3.86. The van der Waals surface area contributed by atoms with Crippen LogP contribution in [0.4, 0.5) is 0 Å². The van der Waals surface area contributed by atoms with Crippen molar-refractivity contribution < 1.29 is 0 Å². The Balaban J connectivity index is 1.72. The molecule has 0 heteroatoms. The zero-order valence-corrected chi connectivity index (χ0v) is 14.9. The quantitative estimate of drug-likeness (QED) is 0.562. The fraction of sp³-hybridized carbons (Fsp3) is 0.478. The van der Waals surface area contributed by atoms with Crippen LogP contribution in [0.15, 0.2) is 48.5 Å². The van der Waals surface area contributed by atoms with Gasteiger partial charge in [-0.2, -0.15) is 0 Å². The molecule has 1 unspecified atom stereocenters. The van der Waals surface area contributed by atoms with Crippen LogP contribution >= 0.6 is 0 Å². The van der Waals surface area contributed by atoms with E-state index in [2.05, 4.69) is 69.3 Å². The molecule has 0 saturated heterocycles. The fourth-order valence-corrected chi connectivity index (χ4v) is 3.78. The van der Waals surface area contributed by atoms with Crippen LogP contribution in [0.2, 0.25) is 0 Å². The van der Waals surface area contributed by atoms with Gasteiger partial charge in [0.1, 0.15) is 0 Å². The molecule has 0 nitrogen and oxygen atoms in total. The summed E-state index contributed by atoms with van der Waals surface area (Å²) in [5, 5.41) is 0. The highest BCUT2D eigenvalue weighted by atomic mass is 14.2. The molecule has 1 atom stereocenters. The second-order valence-corrected chi connectivity index (χ2v) is 7.51. The van der Waals surface area contributed by atoms with Gasteiger partial charge in [-0.25, -0.2) is 0 Å². The molecule has 2 aromatic rings. The monoisotopic (exact) mass is 306 g/mol. The van der Waals surface area contributed by atoms with Crippen molar-refractivity contribution in [1.29, 1.82) is 0 Å². The fourth-order valence-electron chi connectivity index (χ4n) is 3.78. The Bertz CT molecular complexity index is 597. The summed E-state index contributed by atoms with van der Waals surface area (Å²) >= 11 is 0. The van der Waals surface area contributed by atoms with Crippen molar-refractivity contribution >= 4 is 0 Å². The van der Waals surface area contributed by atoms with Crippen LogP contribution in [0, 0.1) is 5.92 Å². The molecule has 2 aromatic carbocycles. The van der Waals surface area contributed by atoms with Gasteiger partial charge in [0.15, 0.2) is 0 Å². The van der Waals surface area contributed by atoms with Crippen LogP contribution in [-0.2, 0) is 0 Å². The van der Waals surface area contributed by atoms with E-state index in [1.54, 1.807) is 0 Å². The lowest BCUT2D eigenvalue weighted by atomic mass is 9.79. The molecule has 0 bridgehead atoms. The first kappa shape index (κ1) is 16.3. The molecule has 0 amide bonds. The van der Waals surface area contributed by atoms with E-state index in [9.17, 15) is 0 Å². The lowest BCUT2D eigenvalue weighted by Crippen LogP contribution is -2.10. The van der Waals surface area contributed by atoms with Crippen LogP contribution in [0.3, 0.4) is 0 Å². The molecule has 0 spiro atoms. The van der Waals surface area contributed by atoms with Gasteiger partial charge in [-0.3, -0.25) is 0 Å². The van der Waals surface area contributed by atoms with Gasteiger partial charge in [-0.05, 0) is 59.3 Å². The van der Waals surface area contributed by atoms with Crippen molar-refractivity contribution in [3.05, 3.63) is 59.7 Å². The standard InChI is InChI=1S/C23H30/c1-4-18(3)19-9-11-21(12-10-19)23-15-13-22(14-16-23)20-7-5-17(2)6-8-20/h9-18,20H,4-8H2,1-3H3. The molecule has 0 aromatic heterocycles. The minimum Gasteiger partial charge on any atom is -0.0648 e. The van der Waals surface area contributed by atoms with Crippen molar-refractivity contribution in [3.8, 4) is 11.1 Å². The zero-order chi connectivity index (χ0) is 16.2. The highest BCUT2D eigenvalue weighted by molar-refractivity contribution is 5.64. The van der Waals surface area contributed by atoms with Crippen molar-refractivity contribution in [2.45, 2.75) is 64.7 Å². The predicted octanol–water partition coefficient (Wildman–Crippen LogP) is 7.16. The van der Waals surface area contributed by atoms with E-state index < -0.39 is 0 Å². The number of hydrogen-bond donors (Lipinski definition) is 0. The summed E-state index contributed by atoms with van der Waals surface area (Å²) in [5.41, 5.74) is 5.66. The maximum Gasteiger partial charge on any atom is -0.0162 e. The van der Waals surface area contributed by atoms with Crippen molar-refractivity contribution in [1.82, 2.24) is 0 Å². The van der Waals surface area contributed by atoms with E-state index in [0.29, 0.717) is 5.92 Å². The molecular weight excluding hydrogens is 276 g/mol. The van der Waals surface area contributed by atoms with Gasteiger partial charge in [-0.1, -0.05) is 82.1 Å². The molecule has 1 fully saturated rings. The number of rotatable bonds is 4. The van der Waals surface area contributed by atoms with Crippen molar-refractivity contribution in [2.75, 3.05) is 0 Å². The maximum atomic E-state index is 2.39. The Morgan fingerprint density at radius 3 is 1.87 bits per heavy atom. The number of hydrogen-bond acceptors (Lipinski definition) is 0. The Hall–Kier alpha value is -1.56. The van der Waals surface area contributed by atoms with Crippen LogP contribution in [0.1, 0.15) is 75.8 Å². The molecule has 122 valence electrons. The Morgan fingerprint density at radius 2 is 1.35 bits per heavy atom. The van der Waals surface area contributed by atoms with Crippen LogP contribution < -0.4 is 0 Å². The summed E-state index contributed by atoms with van der Waals surface area (Å²) < 4.78 is 0. The lowest BCUT2D eigenvalue weighted by molar-refractivity contribution is 0.348. The second-order valence-electron chi connectivity index (χ2n) is 7.51. The third-order valence-electron chi connectivity index (χ3n) is 5.82. The molecule has 0 radical (unpaired) electrons. The third-order valence-corrected chi connectivity index (χ3v) is 5.82. The van der Waals surface area contributed by atoms with Gasteiger partial charge >= 0.3 is 0 Å². The minimum absolute atomic E-state index is 0.653. The second kappa shape index (κ2) is 7.34. The first-order chi connectivity index (χ1) is 11.2. The van der Waals surface area contributed by atoms with Gasteiger partial charge < -0.3 is 0 Å². The SMILES string of the molecule is CCC(C)c1ccc(-c2ccc(C3CCC(C)CC3)cc2)cc1. The molecule has 23 heavy (non-hydrogen) atoms. The summed E-state index contributed by atoms with van der Waals surface area (Å²) in [6, 6.07) is 18.5. The van der Waals surface area contributed by atoms with E-state index >= 15 is 0 Å². The predicted molar refractivity (Wildman–Crippen MR) is 101 cm³/mol. The van der Waals surface area contributed by atoms with Crippen LogP contribution in [0.5, 0.6) is 0 Å². The van der Waals surface area contributed by atoms with Gasteiger partial charge in [0.2, 0.25) is 0 Å². The molecule has 0 N–H and O–H groups in total. The molecule has 3 rings (SSSR count). The normalized spacial score (nSPS) is 22.7. The minimum atomic E-state index is 0.653. The molecule has 0 aliphatic heterocycles. The molecular formula is C23H30.